The summed E-state index contributed by atoms with van der Waals surface area (Å²) in [5, 5.41) is 2.80. The average molecular weight is 401 g/mol. The quantitative estimate of drug-likeness (QED) is 0.795. The van der Waals surface area contributed by atoms with Gasteiger partial charge in [0.2, 0.25) is 5.91 Å². The number of halogens is 1. The zero-order valence-corrected chi connectivity index (χ0v) is 15.4. The van der Waals surface area contributed by atoms with Gasteiger partial charge in [-0.3, -0.25) is 19.3 Å². The Bertz CT molecular complexity index is 828. The van der Waals surface area contributed by atoms with Crippen LogP contribution < -0.4 is 5.32 Å². The molecule has 1 aliphatic rings. The fourth-order valence-corrected chi connectivity index (χ4v) is 3.33. The van der Waals surface area contributed by atoms with Crippen LogP contribution in [-0.2, 0) is 4.79 Å². The zero-order chi connectivity index (χ0) is 18.1. The average Bonchev–Trinajstić information content (AvgIpc) is 2.83. The lowest BCUT2D eigenvalue weighted by Gasteiger charge is -2.28. The van der Waals surface area contributed by atoms with Gasteiger partial charge in [0.25, 0.3) is 11.8 Å². The van der Waals surface area contributed by atoms with E-state index in [0.717, 1.165) is 9.37 Å². The predicted octanol–water partition coefficient (Wildman–Crippen LogP) is 3.71. The Morgan fingerprint density at radius 3 is 2.00 bits per heavy atom. The van der Waals surface area contributed by atoms with Crippen molar-refractivity contribution in [1.82, 2.24) is 4.90 Å². The van der Waals surface area contributed by atoms with Crippen molar-refractivity contribution in [3.8, 4) is 0 Å². The number of imide groups is 1. The van der Waals surface area contributed by atoms with Crippen LogP contribution in [0.4, 0.5) is 5.69 Å². The second-order valence-corrected chi connectivity index (χ2v) is 7.04. The summed E-state index contributed by atoms with van der Waals surface area (Å²) in [5.41, 5.74) is 1.27. The molecule has 1 heterocycles. The van der Waals surface area contributed by atoms with Gasteiger partial charge in [-0.25, -0.2) is 0 Å². The summed E-state index contributed by atoms with van der Waals surface area (Å²) in [7, 11) is 0. The number of para-hydroxylation sites is 1. The molecule has 0 saturated carbocycles. The molecular formula is C19H17BrN2O3. The van der Waals surface area contributed by atoms with Gasteiger partial charge in [-0.2, -0.15) is 0 Å². The predicted molar refractivity (Wildman–Crippen MR) is 98.3 cm³/mol. The third-order valence-corrected chi connectivity index (χ3v) is 4.83. The van der Waals surface area contributed by atoms with Gasteiger partial charge in [0.15, 0.2) is 0 Å². The molecule has 2 aromatic rings. The van der Waals surface area contributed by atoms with E-state index in [4.69, 9.17) is 0 Å². The lowest BCUT2D eigenvalue weighted by molar-refractivity contribution is -0.121. The minimum absolute atomic E-state index is 0.232. The molecule has 1 atom stereocenters. The molecule has 128 valence electrons. The molecule has 1 N–H and O–H groups in total. The number of rotatable bonds is 4. The fourth-order valence-electron chi connectivity index (χ4n) is 2.95. The van der Waals surface area contributed by atoms with Gasteiger partial charge in [-0.15, -0.1) is 0 Å². The molecular weight excluding hydrogens is 384 g/mol. The van der Waals surface area contributed by atoms with Gasteiger partial charge >= 0.3 is 0 Å². The first-order valence-electron chi connectivity index (χ1n) is 7.94. The van der Waals surface area contributed by atoms with Crippen LogP contribution >= 0.6 is 15.9 Å². The van der Waals surface area contributed by atoms with E-state index in [2.05, 4.69) is 21.2 Å². The summed E-state index contributed by atoms with van der Waals surface area (Å²) in [6.07, 6.45) is 0. The van der Waals surface area contributed by atoms with Gasteiger partial charge in [-0.05, 0) is 46.1 Å². The van der Waals surface area contributed by atoms with Crippen LogP contribution in [0.25, 0.3) is 0 Å². The number of anilines is 1. The topological polar surface area (TPSA) is 66.5 Å². The second-order valence-electron chi connectivity index (χ2n) is 6.18. The maximum Gasteiger partial charge on any atom is 0.262 e. The van der Waals surface area contributed by atoms with Crippen LogP contribution in [0.3, 0.4) is 0 Å². The zero-order valence-electron chi connectivity index (χ0n) is 13.8. The van der Waals surface area contributed by atoms with Gasteiger partial charge in [0, 0.05) is 4.47 Å². The number of carbonyl (C=O) groups is 3. The molecule has 0 bridgehead atoms. The summed E-state index contributed by atoms with van der Waals surface area (Å²) in [6.45, 7) is 3.63. The fraction of sp³-hybridized carbons (Fsp3) is 0.211. The van der Waals surface area contributed by atoms with Crippen molar-refractivity contribution in [3.05, 3.63) is 64.1 Å². The van der Waals surface area contributed by atoms with Crippen molar-refractivity contribution in [3.63, 3.8) is 0 Å². The van der Waals surface area contributed by atoms with Crippen LogP contribution in [0.15, 0.2) is 53.0 Å². The number of fused-ring (bicyclic) bond motifs is 1. The Morgan fingerprint density at radius 1 is 0.960 bits per heavy atom. The molecule has 0 fully saturated rings. The van der Waals surface area contributed by atoms with Crippen LogP contribution in [0.2, 0.25) is 0 Å². The molecule has 2 aromatic carbocycles. The molecule has 0 unspecified atom stereocenters. The Hall–Kier alpha value is -2.47. The summed E-state index contributed by atoms with van der Waals surface area (Å²) in [6, 6.07) is 12.9. The van der Waals surface area contributed by atoms with Crippen molar-refractivity contribution in [2.24, 2.45) is 5.92 Å². The van der Waals surface area contributed by atoms with Gasteiger partial charge < -0.3 is 5.32 Å². The number of amides is 3. The van der Waals surface area contributed by atoms with Crippen molar-refractivity contribution in [2.75, 3.05) is 5.32 Å². The molecule has 25 heavy (non-hydrogen) atoms. The van der Waals surface area contributed by atoms with Gasteiger partial charge in [-0.1, -0.05) is 38.1 Å². The normalized spacial score (nSPS) is 14.6. The first-order valence-corrected chi connectivity index (χ1v) is 8.73. The number of nitrogens with zero attached hydrogens (tertiary/aromatic N) is 1. The first kappa shape index (κ1) is 17.4. The smallest absolute Gasteiger partial charge is 0.262 e. The molecule has 0 aromatic heterocycles. The Labute approximate surface area is 154 Å². The Kier molecular flexibility index (Phi) is 4.72. The van der Waals surface area contributed by atoms with Crippen molar-refractivity contribution in [1.29, 1.82) is 0 Å². The van der Waals surface area contributed by atoms with Gasteiger partial charge in [0.05, 0.1) is 16.8 Å². The largest absolute Gasteiger partial charge is 0.323 e. The van der Waals surface area contributed by atoms with Crippen LogP contribution in [0.5, 0.6) is 0 Å². The molecule has 0 saturated heterocycles. The molecule has 1 aliphatic heterocycles. The number of nitrogens with one attached hydrogen (secondary N) is 1. The highest BCUT2D eigenvalue weighted by molar-refractivity contribution is 9.10. The summed E-state index contributed by atoms with van der Waals surface area (Å²) >= 11 is 3.38. The minimum Gasteiger partial charge on any atom is -0.323 e. The molecule has 0 spiro atoms. The van der Waals surface area contributed by atoms with Crippen molar-refractivity contribution >= 4 is 39.3 Å². The number of hydrogen-bond acceptors (Lipinski definition) is 3. The molecule has 0 radical (unpaired) electrons. The minimum atomic E-state index is -0.889. The summed E-state index contributed by atoms with van der Waals surface area (Å²) in [4.78, 5) is 39.3. The van der Waals surface area contributed by atoms with Crippen molar-refractivity contribution in [2.45, 2.75) is 19.9 Å². The van der Waals surface area contributed by atoms with Crippen LogP contribution in [-0.4, -0.2) is 28.7 Å². The Balaban J connectivity index is 1.92. The molecule has 3 amide bonds. The maximum absolute atomic E-state index is 12.9. The summed E-state index contributed by atoms with van der Waals surface area (Å²) in [5.74, 6) is -1.48. The standard InChI is InChI=1S/C19H17BrN2O3/c1-11(2)16(17(23)21-15-10-6-5-9-14(15)20)22-18(24)12-7-3-4-8-13(12)19(22)25/h3-11,16H,1-2H3,(H,21,23)/t16-/m0/s1. The highest BCUT2D eigenvalue weighted by Crippen LogP contribution is 2.28. The van der Waals surface area contributed by atoms with E-state index in [0.29, 0.717) is 16.8 Å². The lowest BCUT2D eigenvalue weighted by Crippen LogP contribution is -2.50. The first-order chi connectivity index (χ1) is 11.9. The van der Waals surface area contributed by atoms with Crippen LogP contribution in [0, 0.1) is 5.92 Å². The van der Waals surface area contributed by atoms with E-state index in [1.165, 1.54) is 0 Å². The third kappa shape index (κ3) is 3.09. The van der Waals surface area contributed by atoms with E-state index in [-0.39, 0.29) is 5.92 Å². The lowest BCUT2D eigenvalue weighted by atomic mass is 10.0. The van der Waals surface area contributed by atoms with Crippen molar-refractivity contribution < 1.29 is 14.4 Å². The van der Waals surface area contributed by atoms with E-state index in [9.17, 15) is 14.4 Å². The number of benzene rings is 2. The molecule has 0 aliphatic carbocycles. The Morgan fingerprint density at radius 2 is 1.48 bits per heavy atom. The van der Waals surface area contributed by atoms with E-state index < -0.39 is 23.8 Å². The van der Waals surface area contributed by atoms with E-state index in [1.807, 2.05) is 26.0 Å². The van der Waals surface area contributed by atoms with E-state index >= 15 is 0 Å². The number of hydrogen-bond donors (Lipinski definition) is 1. The van der Waals surface area contributed by atoms with Crippen LogP contribution in [0.1, 0.15) is 34.6 Å². The maximum atomic E-state index is 12.9. The third-order valence-electron chi connectivity index (χ3n) is 4.14. The molecule has 3 rings (SSSR count). The highest BCUT2D eigenvalue weighted by atomic mass is 79.9. The number of carbonyl (C=O) groups excluding carboxylic acids is 3. The van der Waals surface area contributed by atoms with Gasteiger partial charge in [0.1, 0.15) is 6.04 Å². The second kappa shape index (κ2) is 6.80. The molecule has 5 nitrogen and oxygen atoms in total. The monoisotopic (exact) mass is 400 g/mol. The SMILES string of the molecule is CC(C)[C@@H](C(=O)Nc1ccccc1Br)N1C(=O)c2ccccc2C1=O. The summed E-state index contributed by atoms with van der Waals surface area (Å²) < 4.78 is 0.730. The van der Waals surface area contributed by atoms with E-state index in [1.54, 1.807) is 36.4 Å². The molecule has 6 heteroatoms. The highest BCUT2D eigenvalue weighted by Gasteiger charge is 2.43.